The van der Waals surface area contributed by atoms with Crippen molar-refractivity contribution in [3.8, 4) is 0 Å². The number of aliphatic imine (C=N–C) groups is 1. The summed E-state index contributed by atoms with van der Waals surface area (Å²) in [4.78, 5) is 23.6. The summed E-state index contributed by atoms with van der Waals surface area (Å²) in [6.45, 7) is 18.3. The Morgan fingerprint density at radius 2 is 1.74 bits per heavy atom. The second-order valence-electron chi connectivity index (χ2n) is 9.82. The molecule has 1 saturated heterocycles. The van der Waals surface area contributed by atoms with Gasteiger partial charge in [-0.1, -0.05) is 13.8 Å². The number of ether oxygens (including phenoxy) is 1. The lowest BCUT2D eigenvalue weighted by Gasteiger charge is -2.37. The molecular weight excluding hydrogens is 507 g/mol. The third-order valence-electron chi connectivity index (χ3n) is 5.57. The lowest BCUT2D eigenvalue weighted by Crippen LogP contribution is -2.52. The van der Waals surface area contributed by atoms with Gasteiger partial charge in [0.05, 0.1) is 0 Å². The number of piperazine rings is 1. The predicted octanol–water partition coefficient (Wildman–Crippen LogP) is 2.69. The number of nitrogens with one attached hydrogen (secondary N) is 2. The monoisotopic (exact) mass is 554 g/mol. The van der Waals surface area contributed by atoms with Gasteiger partial charge in [-0.3, -0.25) is 9.89 Å². The van der Waals surface area contributed by atoms with Crippen LogP contribution in [0, 0.1) is 5.92 Å². The highest BCUT2D eigenvalue weighted by Crippen LogP contribution is 2.11. The molecule has 31 heavy (non-hydrogen) atoms. The van der Waals surface area contributed by atoms with Crippen LogP contribution in [0.4, 0.5) is 4.79 Å². The Balaban J connectivity index is 0.00000900. The van der Waals surface area contributed by atoms with E-state index in [1.54, 1.807) is 0 Å². The number of hydrogen-bond acceptors (Lipinski definition) is 5. The lowest BCUT2D eigenvalue weighted by molar-refractivity contribution is 0.0485. The molecule has 0 spiro atoms. The number of guanidine groups is 1. The van der Waals surface area contributed by atoms with Gasteiger partial charge in [-0.2, -0.15) is 0 Å². The third kappa shape index (κ3) is 12.1. The van der Waals surface area contributed by atoms with Crippen molar-refractivity contribution in [3.63, 3.8) is 0 Å². The molecule has 1 aliphatic heterocycles. The molecular formula is C22H47IN6O2. The number of nitrogens with zero attached hydrogens (tertiary/aromatic N) is 4. The van der Waals surface area contributed by atoms with E-state index in [0.29, 0.717) is 12.0 Å². The Kier molecular flexibility index (Phi) is 14.0. The van der Waals surface area contributed by atoms with Crippen LogP contribution in [-0.4, -0.2) is 105 Å². The maximum absolute atomic E-state index is 12.2. The van der Waals surface area contributed by atoms with Gasteiger partial charge in [0.15, 0.2) is 5.96 Å². The first-order chi connectivity index (χ1) is 13.9. The quantitative estimate of drug-likeness (QED) is 0.273. The molecule has 1 aliphatic rings. The molecule has 184 valence electrons. The van der Waals surface area contributed by atoms with Crippen LogP contribution in [-0.2, 0) is 4.74 Å². The fourth-order valence-electron chi connectivity index (χ4n) is 3.49. The zero-order valence-electron chi connectivity index (χ0n) is 21.2. The van der Waals surface area contributed by atoms with Crippen LogP contribution in [0.15, 0.2) is 4.99 Å². The summed E-state index contributed by atoms with van der Waals surface area (Å²) in [5.74, 6) is 1.20. The second kappa shape index (κ2) is 14.4. The smallest absolute Gasteiger partial charge is 0.407 e. The fourth-order valence-corrected chi connectivity index (χ4v) is 3.49. The van der Waals surface area contributed by atoms with Crippen LogP contribution in [0.3, 0.4) is 0 Å². The normalized spacial score (nSPS) is 18.2. The van der Waals surface area contributed by atoms with Crippen molar-refractivity contribution in [3.05, 3.63) is 0 Å². The lowest BCUT2D eigenvalue weighted by atomic mass is 10.0. The van der Waals surface area contributed by atoms with E-state index in [2.05, 4.69) is 58.1 Å². The van der Waals surface area contributed by atoms with E-state index < -0.39 is 5.60 Å². The average molecular weight is 555 g/mol. The summed E-state index contributed by atoms with van der Waals surface area (Å²) in [7, 11) is 6.04. The van der Waals surface area contributed by atoms with Gasteiger partial charge in [-0.15, -0.1) is 24.0 Å². The van der Waals surface area contributed by atoms with Gasteiger partial charge in [-0.25, -0.2) is 4.79 Å². The van der Waals surface area contributed by atoms with E-state index in [9.17, 15) is 4.79 Å². The topological polar surface area (TPSA) is 72.4 Å². The van der Waals surface area contributed by atoms with Gasteiger partial charge in [0.1, 0.15) is 5.60 Å². The number of likely N-dealkylation sites (N-methyl/N-ethyl adjacent to an activating group) is 1. The molecule has 9 heteroatoms. The van der Waals surface area contributed by atoms with Crippen LogP contribution in [0.1, 0.15) is 48.0 Å². The summed E-state index contributed by atoms with van der Waals surface area (Å²) in [5, 5.41) is 6.53. The minimum Gasteiger partial charge on any atom is -0.444 e. The average Bonchev–Trinajstić information content (AvgIpc) is 2.64. The van der Waals surface area contributed by atoms with Crippen molar-refractivity contribution < 1.29 is 9.53 Å². The van der Waals surface area contributed by atoms with E-state index in [4.69, 9.17) is 4.74 Å². The minimum atomic E-state index is -0.491. The molecule has 0 aromatic heterocycles. The van der Waals surface area contributed by atoms with Crippen molar-refractivity contribution >= 4 is 36.0 Å². The maximum Gasteiger partial charge on any atom is 0.407 e. The van der Waals surface area contributed by atoms with E-state index in [0.717, 1.165) is 51.6 Å². The molecule has 1 fully saturated rings. The number of rotatable bonds is 8. The SMILES string of the molecule is CN=C(NCC(C)N1CCN(C)CC1)N(C)CCC(NC(=O)OC(C)(C)C)C(C)C.I. The summed E-state index contributed by atoms with van der Waals surface area (Å²) in [6.07, 6.45) is 0.467. The molecule has 1 heterocycles. The van der Waals surface area contributed by atoms with Crippen molar-refractivity contribution in [2.75, 3.05) is 60.4 Å². The molecule has 2 N–H and O–H groups in total. The zero-order chi connectivity index (χ0) is 22.9. The number of hydrogen-bond donors (Lipinski definition) is 2. The van der Waals surface area contributed by atoms with Gasteiger partial charge in [0.2, 0.25) is 0 Å². The Morgan fingerprint density at radius 1 is 1.16 bits per heavy atom. The van der Waals surface area contributed by atoms with E-state index >= 15 is 0 Å². The van der Waals surface area contributed by atoms with Crippen LogP contribution in [0.25, 0.3) is 0 Å². The molecule has 0 aromatic carbocycles. The van der Waals surface area contributed by atoms with E-state index in [1.165, 1.54) is 0 Å². The van der Waals surface area contributed by atoms with E-state index in [1.807, 2.05) is 34.9 Å². The first-order valence-corrected chi connectivity index (χ1v) is 11.3. The van der Waals surface area contributed by atoms with Gasteiger partial charge in [-0.05, 0) is 47.1 Å². The summed E-state index contributed by atoms with van der Waals surface area (Å²) in [6, 6.07) is 0.505. The molecule has 0 aromatic rings. The highest BCUT2D eigenvalue weighted by Gasteiger charge is 2.23. The van der Waals surface area contributed by atoms with Gasteiger partial charge in [0, 0.05) is 65.4 Å². The minimum absolute atomic E-state index is 0. The number of carbonyl (C=O) groups is 1. The number of amides is 1. The zero-order valence-corrected chi connectivity index (χ0v) is 23.5. The number of carbonyl (C=O) groups excluding carboxylic acids is 1. The molecule has 0 saturated carbocycles. The van der Waals surface area contributed by atoms with Crippen molar-refractivity contribution in [1.29, 1.82) is 0 Å². The molecule has 2 atom stereocenters. The summed E-state index contributed by atoms with van der Waals surface area (Å²) < 4.78 is 5.42. The largest absolute Gasteiger partial charge is 0.444 e. The molecule has 0 aliphatic carbocycles. The van der Waals surface area contributed by atoms with Crippen molar-refractivity contribution in [2.24, 2.45) is 10.9 Å². The predicted molar refractivity (Wildman–Crippen MR) is 141 cm³/mol. The third-order valence-corrected chi connectivity index (χ3v) is 5.57. The standard InChI is InChI=1S/C22H46N6O2.HI/c1-17(2)19(25-21(29)30-22(4,5)6)10-11-27(9)20(23-7)24-16-18(3)28-14-12-26(8)13-15-28;/h17-19H,10-16H2,1-9H3,(H,23,24)(H,25,29);1H. The molecule has 2 unspecified atom stereocenters. The summed E-state index contributed by atoms with van der Waals surface area (Å²) in [5.41, 5.74) is -0.491. The Bertz CT molecular complexity index is 545. The highest BCUT2D eigenvalue weighted by atomic mass is 127. The Hall–Kier alpha value is -0.810. The fraction of sp³-hybridized carbons (Fsp3) is 0.909. The van der Waals surface area contributed by atoms with Crippen LogP contribution >= 0.6 is 24.0 Å². The molecule has 1 rings (SSSR count). The molecule has 0 radical (unpaired) electrons. The summed E-state index contributed by atoms with van der Waals surface area (Å²) >= 11 is 0. The van der Waals surface area contributed by atoms with E-state index in [-0.39, 0.29) is 36.1 Å². The van der Waals surface area contributed by atoms with Crippen molar-refractivity contribution in [1.82, 2.24) is 25.3 Å². The Labute approximate surface area is 207 Å². The van der Waals surface area contributed by atoms with Crippen LogP contribution in [0.5, 0.6) is 0 Å². The second-order valence-corrected chi connectivity index (χ2v) is 9.82. The maximum atomic E-state index is 12.2. The molecule has 1 amide bonds. The van der Waals surface area contributed by atoms with Gasteiger partial charge in [0.25, 0.3) is 0 Å². The Morgan fingerprint density at radius 3 is 2.23 bits per heavy atom. The van der Waals surface area contributed by atoms with Crippen LogP contribution < -0.4 is 10.6 Å². The van der Waals surface area contributed by atoms with Gasteiger partial charge >= 0.3 is 6.09 Å². The molecule has 8 nitrogen and oxygen atoms in total. The highest BCUT2D eigenvalue weighted by molar-refractivity contribution is 14.0. The van der Waals surface area contributed by atoms with Gasteiger partial charge < -0.3 is 25.2 Å². The number of halogens is 1. The first-order valence-electron chi connectivity index (χ1n) is 11.3. The van der Waals surface area contributed by atoms with Crippen LogP contribution in [0.2, 0.25) is 0 Å². The molecule has 0 bridgehead atoms. The van der Waals surface area contributed by atoms with Crippen molar-refractivity contribution in [2.45, 2.75) is 65.6 Å². The number of alkyl carbamates (subject to hydrolysis) is 1. The first kappa shape index (κ1) is 30.2.